The van der Waals surface area contributed by atoms with Crippen LogP contribution in [0.3, 0.4) is 0 Å². The molecule has 4 rings (SSSR count). The second kappa shape index (κ2) is 13.3. The second-order valence-electron chi connectivity index (χ2n) is 9.70. The first-order valence-electron chi connectivity index (χ1n) is 13.2. The molecule has 0 fully saturated rings. The van der Waals surface area contributed by atoms with Crippen LogP contribution < -0.4 is 16.0 Å². The van der Waals surface area contributed by atoms with Crippen molar-refractivity contribution < 1.29 is 24.0 Å². The standard InChI is InChI=1S/C31H32N4O5/c1-21(28(37)32-19-27(36)31(40)35-17-16-23-12-8-9-15-25(23)20-35)33-30(39)26(18-22-10-4-2-5-11-22)34-29(38)24-13-6-3-7-14-24/h2-15,21,26H,16-20H2,1H3,(H,32,37)(H,33,39)(H,34,38). The highest BCUT2D eigenvalue weighted by molar-refractivity contribution is 6.37. The SMILES string of the molecule is CC(NC(=O)C(Cc1ccccc1)NC(=O)c1ccccc1)C(=O)NCC(=O)C(=O)N1CCc2ccccc2C1. The molecule has 206 valence electrons. The van der Waals surface area contributed by atoms with Gasteiger partial charge in [-0.2, -0.15) is 0 Å². The minimum atomic E-state index is -1.01. The first-order valence-corrected chi connectivity index (χ1v) is 13.2. The van der Waals surface area contributed by atoms with E-state index >= 15 is 0 Å². The Morgan fingerprint density at radius 1 is 0.775 bits per heavy atom. The molecule has 3 N–H and O–H groups in total. The van der Waals surface area contributed by atoms with Crippen LogP contribution in [0.15, 0.2) is 84.9 Å². The Labute approximate surface area is 233 Å². The predicted octanol–water partition coefficient (Wildman–Crippen LogP) is 1.80. The van der Waals surface area contributed by atoms with Gasteiger partial charge >= 0.3 is 0 Å². The monoisotopic (exact) mass is 540 g/mol. The lowest BCUT2D eigenvalue weighted by Gasteiger charge is -2.28. The third-order valence-corrected chi connectivity index (χ3v) is 6.77. The van der Waals surface area contributed by atoms with Crippen molar-refractivity contribution >= 4 is 29.4 Å². The van der Waals surface area contributed by atoms with E-state index in [1.165, 1.54) is 11.8 Å². The van der Waals surface area contributed by atoms with Gasteiger partial charge < -0.3 is 20.9 Å². The molecule has 3 aromatic rings. The molecule has 4 amide bonds. The van der Waals surface area contributed by atoms with Crippen LogP contribution in [0.4, 0.5) is 0 Å². The van der Waals surface area contributed by atoms with Crippen molar-refractivity contribution in [2.45, 2.75) is 38.4 Å². The van der Waals surface area contributed by atoms with Gasteiger partial charge in [0.1, 0.15) is 12.1 Å². The van der Waals surface area contributed by atoms with Gasteiger partial charge in [-0.25, -0.2) is 0 Å². The Bertz CT molecular complexity index is 1380. The zero-order chi connectivity index (χ0) is 28.5. The normalized spacial score (nSPS) is 13.8. The average Bonchev–Trinajstić information content (AvgIpc) is 2.99. The van der Waals surface area contributed by atoms with Crippen LogP contribution in [0.25, 0.3) is 0 Å². The minimum Gasteiger partial charge on any atom is -0.347 e. The number of Topliss-reactive ketones (excluding diaryl/α,β-unsaturated/α-hetero) is 1. The molecule has 9 nitrogen and oxygen atoms in total. The van der Waals surface area contributed by atoms with Gasteiger partial charge in [0.05, 0.1) is 6.54 Å². The van der Waals surface area contributed by atoms with Crippen molar-refractivity contribution in [1.29, 1.82) is 0 Å². The third kappa shape index (κ3) is 7.41. The van der Waals surface area contributed by atoms with E-state index in [1.54, 1.807) is 30.3 Å². The molecular weight excluding hydrogens is 508 g/mol. The van der Waals surface area contributed by atoms with Crippen molar-refractivity contribution in [3.63, 3.8) is 0 Å². The van der Waals surface area contributed by atoms with E-state index in [0.29, 0.717) is 25.1 Å². The van der Waals surface area contributed by atoms with Gasteiger partial charge in [-0.05, 0) is 42.2 Å². The van der Waals surface area contributed by atoms with Crippen LogP contribution in [0, 0.1) is 0 Å². The maximum Gasteiger partial charge on any atom is 0.292 e. The van der Waals surface area contributed by atoms with Gasteiger partial charge in [0.2, 0.25) is 17.6 Å². The highest BCUT2D eigenvalue weighted by Crippen LogP contribution is 2.18. The summed E-state index contributed by atoms with van der Waals surface area (Å²) in [6.45, 7) is 1.77. The van der Waals surface area contributed by atoms with Crippen LogP contribution in [0.2, 0.25) is 0 Å². The van der Waals surface area contributed by atoms with Gasteiger partial charge in [-0.15, -0.1) is 0 Å². The molecule has 2 atom stereocenters. The first kappa shape index (κ1) is 28.2. The Hall–Kier alpha value is -4.79. The van der Waals surface area contributed by atoms with Crippen LogP contribution in [-0.2, 0) is 38.6 Å². The van der Waals surface area contributed by atoms with E-state index in [2.05, 4.69) is 16.0 Å². The summed E-state index contributed by atoms with van der Waals surface area (Å²) in [6, 6.07) is 23.5. The van der Waals surface area contributed by atoms with E-state index in [9.17, 15) is 24.0 Å². The number of carbonyl (C=O) groups is 5. The summed E-state index contributed by atoms with van der Waals surface area (Å²) in [5.41, 5.74) is 3.39. The molecule has 1 heterocycles. The van der Waals surface area contributed by atoms with Crippen molar-refractivity contribution in [3.05, 3.63) is 107 Å². The fraction of sp³-hybridized carbons (Fsp3) is 0.258. The smallest absolute Gasteiger partial charge is 0.292 e. The summed E-state index contributed by atoms with van der Waals surface area (Å²) in [5.74, 6) is -2.98. The molecule has 0 aromatic heterocycles. The van der Waals surface area contributed by atoms with Crippen molar-refractivity contribution in [3.8, 4) is 0 Å². The van der Waals surface area contributed by atoms with Gasteiger partial charge in [0.15, 0.2) is 0 Å². The zero-order valence-electron chi connectivity index (χ0n) is 22.3. The largest absolute Gasteiger partial charge is 0.347 e. The number of nitrogens with one attached hydrogen (secondary N) is 3. The van der Waals surface area contributed by atoms with Crippen LogP contribution in [0.5, 0.6) is 0 Å². The molecule has 1 aliphatic heterocycles. The number of carbonyl (C=O) groups excluding carboxylic acids is 5. The number of nitrogens with zero attached hydrogens (tertiary/aromatic N) is 1. The second-order valence-corrected chi connectivity index (χ2v) is 9.70. The van der Waals surface area contributed by atoms with Gasteiger partial charge in [0, 0.05) is 25.1 Å². The molecule has 2 unspecified atom stereocenters. The van der Waals surface area contributed by atoms with E-state index in [0.717, 1.165) is 16.7 Å². The number of ketones is 1. The number of hydrogen-bond donors (Lipinski definition) is 3. The highest BCUT2D eigenvalue weighted by Gasteiger charge is 2.28. The van der Waals surface area contributed by atoms with Crippen LogP contribution >= 0.6 is 0 Å². The molecule has 0 aliphatic carbocycles. The lowest BCUT2D eigenvalue weighted by Crippen LogP contribution is -2.54. The van der Waals surface area contributed by atoms with Gasteiger partial charge in [0.25, 0.3) is 11.8 Å². The molecule has 0 saturated heterocycles. The third-order valence-electron chi connectivity index (χ3n) is 6.77. The average molecular weight is 541 g/mol. The summed E-state index contributed by atoms with van der Waals surface area (Å²) in [5, 5.41) is 7.80. The van der Waals surface area contributed by atoms with E-state index < -0.39 is 48.0 Å². The molecule has 0 saturated carbocycles. The molecule has 1 aliphatic rings. The van der Waals surface area contributed by atoms with Crippen molar-refractivity contribution in [1.82, 2.24) is 20.9 Å². The Morgan fingerprint density at radius 2 is 1.40 bits per heavy atom. The molecule has 0 spiro atoms. The zero-order valence-corrected chi connectivity index (χ0v) is 22.3. The van der Waals surface area contributed by atoms with Gasteiger partial charge in [-0.3, -0.25) is 24.0 Å². The number of hydrogen-bond acceptors (Lipinski definition) is 5. The van der Waals surface area contributed by atoms with Crippen molar-refractivity contribution in [2.75, 3.05) is 13.1 Å². The summed E-state index contributed by atoms with van der Waals surface area (Å²) in [6.07, 6.45) is 0.876. The Kier molecular flexibility index (Phi) is 9.40. The van der Waals surface area contributed by atoms with Gasteiger partial charge in [-0.1, -0.05) is 72.8 Å². The highest BCUT2D eigenvalue weighted by atomic mass is 16.2. The topological polar surface area (TPSA) is 125 Å². The summed E-state index contributed by atoms with van der Waals surface area (Å²) >= 11 is 0. The summed E-state index contributed by atoms with van der Waals surface area (Å²) < 4.78 is 0. The van der Waals surface area contributed by atoms with E-state index in [-0.39, 0.29) is 6.42 Å². The number of rotatable bonds is 10. The molecule has 40 heavy (non-hydrogen) atoms. The predicted molar refractivity (Wildman–Crippen MR) is 149 cm³/mol. The molecule has 9 heteroatoms. The molecular formula is C31H32N4O5. The Morgan fingerprint density at radius 3 is 2.10 bits per heavy atom. The minimum absolute atomic E-state index is 0.214. The lowest BCUT2D eigenvalue weighted by atomic mass is 10.00. The van der Waals surface area contributed by atoms with E-state index in [4.69, 9.17) is 0 Å². The summed E-state index contributed by atoms with van der Waals surface area (Å²) in [4.78, 5) is 65.3. The van der Waals surface area contributed by atoms with Crippen LogP contribution in [0.1, 0.15) is 34.0 Å². The van der Waals surface area contributed by atoms with E-state index in [1.807, 2.05) is 54.6 Å². The number of amides is 4. The molecule has 0 radical (unpaired) electrons. The quantitative estimate of drug-likeness (QED) is 0.338. The number of benzene rings is 3. The number of fused-ring (bicyclic) bond motifs is 1. The fourth-order valence-electron chi connectivity index (χ4n) is 4.51. The fourth-order valence-corrected chi connectivity index (χ4v) is 4.51. The lowest BCUT2D eigenvalue weighted by molar-refractivity contribution is -0.145. The van der Waals surface area contributed by atoms with Crippen LogP contribution in [-0.4, -0.2) is 59.5 Å². The maximum absolute atomic E-state index is 13.1. The molecule has 0 bridgehead atoms. The first-order chi connectivity index (χ1) is 19.3. The summed E-state index contributed by atoms with van der Waals surface area (Å²) in [7, 11) is 0. The molecule has 3 aromatic carbocycles. The van der Waals surface area contributed by atoms with Crippen molar-refractivity contribution in [2.24, 2.45) is 0 Å². The maximum atomic E-state index is 13.1. The Balaban J connectivity index is 1.31.